The van der Waals surface area contributed by atoms with E-state index >= 15 is 0 Å². The molecule has 3 aromatic rings. The van der Waals surface area contributed by atoms with Crippen LogP contribution in [-0.4, -0.2) is 21.6 Å². The van der Waals surface area contributed by atoms with Crippen molar-refractivity contribution in [3.8, 4) is 5.69 Å². The van der Waals surface area contributed by atoms with Crippen LogP contribution in [0.4, 0.5) is 0 Å². The summed E-state index contributed by atoms with van der Waals surface area (Å²) in [5.74, 6) is -0.795. The summed E-state index contributed by atoms with van der Waals surface area (Å²) in [6.45, 7) is 1.80. The summed E-state index contributed by atoms with van der Waals surface area (Å²) in [5.41, 5.74) is 7.22. The first-order valence-corrected chi connectivity index (χ1v) is 7.42. The van der Waals surface area contributed by atoms with Crippen LogP contribution in [0.15, 0.2) is 66.9 Å². The van der Waals surface area contributed by atoms with Gasteiger partial charge in [-0.2, -0.15) is 5.10 Å². The zero-order chi connectivity index (χ0) is 16.9. The number of nitrogens with zero attached hydrogens (tertiary/aromatic N) is 2. The monoisotopic (exact) mass is 320 g/mol. The summed E-state index contributed by atoms with van der Waals surface area (Å²) in [6, 6.07) is 18.2. The molecule has 0 fully saturated rings. The molecule has 1 heterocycles. The largest absolute Gasteiger partial charge is 0.273 e. The van der Waals surface area contributed by atoms with Crippen LogP contribution in [-0.2, 0) is 0 Å². The van der Waals surface area contributed by atoms with Gasteiger partial charge in [-0.1, -0.05) is 36.4 Å². The molecule has 0 aliphatic carbocycles. The smallest absolute Gasteiger partial charge is 0.267 e. The minimum atomic E-state index is -0.418. The van der Waals surface area contributed by atoms with Crippen molar-refractivity contribution < 1.29 is 9.59 Å². The first-order valence-electron chi connectivity index (χ1n) is 7.42. The predicted molar refractivity (Wildman–Crippen MR) is 89.7 cm³/mol. The Hall–Kier alpha value is -3.41. The Morgan fingerprint density at radius 1 is 0.875 bits per heavy atom. The molecule has 0 aliphatic heterocycles. The lowest BCUT2D eigenvalue weighted by atomic mass is 10.2. The fraction of sp³-hybridized carbons (Fsp3) is 0.0556. The van der Waals surface area contributed by atoms with Gasteiger partial charge in [-0.15, -0.1) is 0 Å². The van der Waals surface area contributed by atoms with Gasteiger partial charge in [0.05, 0.1) is 23.1 Å². The summed E-state index contributed by atoms with van der Waals surface area (Å²) < 4.78 is 1.67. The van der Waals surface area contributed by atoms with Crippen LogP contribution < -0.4 is 10.9 Å². The van der Waals surface area contributed by atoms with Gasteiger partial charge in [-0.25, -0.2) is 4.68 Å². The van der Waals surface area contributed by atoms with E-state index in [1.165, 1.54) is 6.20 Å². The zero-order valence-electron chi connectivity index (χ0n) is 13.1. The molecular weight excluding hydrogens is 304 g/mol. The number of carbonyl (C=O) groups excluding carboxylic acids is 2. The molecule has 0 bridgehead atoms. The van der Waals surface area contributed by atoms with Crippen LogP contribution in [0.3, 0.4) is 0 Å². The first-order chi connectivity index (χ1) is 11.7. The molecular formula is C18H16N4O2. The summed E-state index contributed by atoms with van der Waals surface area (Å²) >= 11 is 0. The van der Waals surface area contributed by atoms with Crippen LogP contribution in [0.1, 0.15) is 26.4 Å². The average molecular weight is 320 g/mol. The Balaban J connectivity index is 1.70. The molecule has 3 rings (SSSR count). The van der Waals surface area contributed by atoms with Crippen LogP contribution in [0.25, 0.3) is 5.69 Å². The SMILES string of the molecule is Cc1c(C(=O)NNC(=O)c2ccccc2)cnn1-c1ccccc1. The van der Waals surface area contributed by atoms with Crippen LogP contribution >= 0.6 is 0 Å². The number of hydrogen-bond acceptors (Lipinski definition) is 3. The molecule has 2 N–H and O–H groups in total. The second-order valence-electron chi connectivity index (χ2n) is 5.17. The Morgan fingerprint density at radius 2 is 1.46 bits per heavy atom. The van der Waals surface area contributed by atoms with Gasteiger partial charge >= 0.3 is 0 Å². The van der Waals surface area contributed by atoms with E-state index in [-0.39, 0.29) is 5.91 Å². The third-order valence-electron chi connectivity index (χ3n) is 3.58. The van der Waals surface area contributed by atoms with E-state index in [4.69, 9.17) is 0 Å². The van der Waals surface area contributed by atoms with Gasteiger partial charge in [0.2, 0.25) is 0 Å². The summed E-state index contributed by atoms with van der Waals surface area (Å²) in [6.07, 6.45) is 1.48. The molecule has 0 aliphatic rings. The van der Waals surface area contributed by atoms with Crippen molar-refractivity contribution in [1.82, 2.24) is 20.6 Å². The first kappa shape index (κ1) is 15.5. The lowest BCUT2D eigenvalue weighted by molar-refractivity contribution is 0.0846. The van der Waals surface area contributed by atoms with Crippen LogP contribution in [0.2, 0.25) is 0 Å². The van der Waals surface area contributed by atoms with E-state index in [0.29, 0.717) is 16.8 Å². The van der Waals surface area contributed by atoms with Gasteiger partial charge in [0.1, 0.15) is 0 Å². The van der Waals surface area contributed by atoms with Gasteiger partial charge in [0.15, 0.2) is 0 Å². The summed E-state index contributed by atoms with van der Waals surface area (Å²) in [4.78, 5) is 24.2. The molecule has 2 amide bonds. The van der Waals surface area contributed by atoms with E-state index in [1.807, 2.05) is 36.4 Å². The van der Waals surface area contributed by atoms with Gasteiger partial charge in [-0.05, 0) is 31.2 Å². The van der Waals surface area contributed by atoms with E-state index in [2.05, 4.69) is 16.0 Å². The Bertz CT molecular complexity index is 857. The fourth-order valence-electron chi connectivity index (χ4n) is 2.30. The predicted octanol–water partition coefficient (Wildman–Crippen LogP) is 2.26. The van der Waals surface area contributed by atoms with Gasteiger partial charge in [-0.3, -0.25) is 20.4 Å². The molecule has 120 valence electrons. The number of carbonyl (C=O) groups is 2. The number of hydrazine groups is 1. The zero-order valence-corrected chi connectivity index (χ0v) is 13.1. The maximum absolute atomic E-state index is 12.3. The van der Waals surface area contributed by atoms with E-state index < -0.39 is 5.91 Å². The highest BCUT2D eigenvalue weighted by Gasteiger charge is 2.16. The van der Waals surface area contributed by atoms with Gasteiger partial charge in [0, 0.05) is 5.56 Å². The molecule has 6 nitrogen and oxygen atoms in total. The van der Waals surface area contributed by atoms with Crippen molar-refractivity contribution in [3.05, 3.63) is 83.7 Å². The van der Waals surface area contributed by atoms with Crippen molar-refractivity contribution in [3.63, 3.8) is 0 Å². The Morgan fingerprint density at radius 3 is 2.12 bits per heavy atom. The van der Waals surface area contributed by atoms with Gasteiger partial charge in [0.25, 0.3) is 11.8 Å². The molecule has 0 saturated heterocycles. The lowest BCUT2D eigenvalue weighted by Gasteiger charge is -2.08. The maximum atomic E-state index is 12.3. The molecule has 0 spiro atoms. The van der Waals surface area contributed by atoms with E-state index in [1.54, 1.807) is 35.9 Å². The third kappa shape index (κ3) is 3.17. The van der Waals surface area contributed by atoms with Crippen molar-refractivity contribution in [2.75, 3.05) is 0 Å². The number of aromatic nitrogens is 2. The number of rotatable bonds is 3. The molecule has 6 heteroatoms. The standard InChI is InChI=1S/C18H16N4O2/c1-13-16(12-19-22(13)15-10-6-3-7-11-15)18(24)21-20-17(23)14-8-4-2-5-9-14/h2-12H,1H3,(H,20,23)(H,21,24). The minimum Gasteiger partial charge on any atom is -0.267 e. The topological polar surface area (TPSA) is 76.0 Å². The number of nitrogens with one attached hydrogen (secondary N) is 2. The minimum absolute atomic E-state index is 0.378. The summed E-state index contributed by atoms with van der Waals surface area (Å²) in [5, 5.41) is 4.24. The van der Waals surface area contributed by atoms with Crippen molar-refractivity contribution in [2.24, 2.45) is 0 Å². The Kier molecular flexibility index (Phi) is 4.38. The molecule has 1 aromatic heterocycles. The van der Waals surface area contributed by atoms with Crippen molar-refractivity contribution in [2.45, 2.75) is 6.92 Å². The summed E-state index contributed by atoms with van der Waals surface area (Å²) in [7, 11) is 0. The highest BCUT2D eigenvalue weighted by molar-refractivity contribution is 5.99. The maximum Gasteiger partial charge on any atom is 0.273 e. The van der Waals surface area contributed by atoms with Gasteiger partial charge < -0.3 is 0 Å². The Labute approximate surface area is 139 Å². The van der Waals surface area contributed by atoms with E-state index in [0.717, 1.165) is 5.69 Å². The normalized spacial score (nSPS) is 10.2. The lowest BCUT2D eigenvalue weighted by Crippen LogP contribution is -2.41. The number of amides is 2. The van der Waals surface area contributed by atoms with Crippen molar-refractivity contribution in [1.29, 1.82) is 0 Å². The van der Waals surface area contributed by atoms with Crippen molar-refractivity contribution >= 4 is 11.8 Å². The fourth-order valence-corrected chi connectivity index (χ4v) is 2.30. The molecule has 24 heavy (non-hydrogen) atoms. The van der Waals surface area contributed by atoms with Crippen LogP contribution in [0.5, 0.6) is 0 Å². The molecule has 0 saturated carbocycles. The van der Waals surface area contributed by atoms with E-state index in [9.17, 15) is 9.59 Å². The molecule has 0 radical (unpaired) electrons. The average Bonchev–Trinajstić information content (AvgIpc) is 3.02. The van der Waals surface area contributed by atoms with Crippen LogP contribution in [0, 0.1) is 6.92 Å². The third-order valence-corrected chi connectivity index (χ3v) is 3.58. The molecule has 2 aromatic carbocycles. The second kappa shape index (κ2) is 6.78. The second-order valence-corrected chi connectivity index (χ2v) is 5.17. The number of benzene rings is 2. The quantitative estimate of drug-likeness (QED) is 0.727. The highest BCUT2D eigenvalue weighted by Crippen LogP contribution is 2.13. The molecule has 0 unspecified atom stereocenters. The highest BCUT2D eigenvalue weighted by atomic mass is 16.2. The number of para-hydroxylation sites is 1. The number of hydrogen-bond donors (Lipinski definition) is 2. The molecule has 0 atom stereocenters.